The molecule has 1 saturated carbocycles. The summed E-state index contributed by atoms with van der Waals surface area (Å²) >= 11 is 1.69. The molecule has 1 atom stereocenters. The SMILES string of the molecule is O=C(CN(CC1CC1)CC1CCCN1)NCc1cccs1. The summed E-state index contributed by atoms with van der Waals surface area (Å²) in [6.07, 6.45) is 5.20. The first kappa shape index (κ1) is 15.0. The van der Waals surface area contributed by atoms with Gasteiger partial charge in [-0.05, 0) is 49.6 Å². The molecule has 2 fully saturated rings. The summed E-state index contributed by atoms with van der Waals surface area (Å²) in [6.45, 7) is 4.44. The number of nitrogens with one attached hydrogen (secondary N) is 2. The molecule has 21 heavy (non-hydrogen) atoms. The van der Waals surface area contributed by atoms with E-state index in [1.54, 1.807) is 11.3 Å². The highest BCUT2D eigenvalue weighted by Gasteiger charge is 2.27. The maximum Gasteiger partial charge on any atom is 0.234 e. The molecule has 116 valence electrons. The highest BCUT2D eigenvalue weighted by atomic mass is 32.1. The molecule has 1 aromatic heterocycles. The molecule has 1 unspecified atom stereocenters. The van der Waals surface area contributed by atoms with Crippen LogP contribution in [0.25, 0.3) is 0 Å². The second kappa shape index (κ2) is 7.38. The molecule has 1 aliphatic heterocycles. The minimum atomic E-state index is 0.155. The van der Waals surface area contributed by atoms with Gasteiger partial charge in [-0.2, -0.15) is 0 Å². The molecule has 1 amide bonds. The third kappa shape index (κ3) is 5.09. The van der Waals surface area contributed by atoms with E-state index in [0.29, 0.717) is 19.1 Å². The molecule has 0 radical (unpaired) electrons. The van der Waals surface area contributed by atoms with Gasteiger partial charge in [0.2, 0.25) is 5.91 Å². The van der Waals surface area contributed by atoms with Gasteiger partial charge in [0.25, 0.3) is 0 Å². The second-order valence-electron chi connectivity index (χ2n) is 6.29. The Bertz CT molecular complexity index is 438. The average Bonchev–Trinajstić information content (AvgIpc) is 2.95. The first-order valence-corrected chi connectivity index (χ1v) is 8.92. The lowest BCUT2D eigenvalue weighted by Gasteiger charge is -2.25. The molecule has 1 aromatic rings. The number of thiophene rings is 1. The van der Waals surface area contributed by atoms with Crippen molar-refractivity contribution < 1.29 is 4.79 Å². The molecular weight excluding hydrogens is 282 g/mol. The quantitative estimate of drug-likeness (QED) is 0.770. The summed E-state index contributed by atoms with van der Waals surface area (Å²) < 4.78 is 0. The third-order valence-electron chi connectivity index (χ3n) is 4.26. The lowest BCUT2D eigenvalue weighted by molar-refractivity contribution is -0.122. The van der Waals surface area contributed by atoms with E-state index in [2.05, 4.69) is 21.6 Å². The van der Waals surface area contributed by atoms with Gasteiger partial charge in [-0.1, -0.05) is 6.07 Å². The number of hydrogen-bond donors (Lipinski definition) is 2. The van der Waals surface area contributed by atoms with E-state index in [-0.39, 0.29) is 5.91 Å². The first-order chi connectivity index (χ1) is 10.3. The molecule has 0 bridgehead atoms. The van der Waals surface area contributed by atoms with E-state index in [1.165, 1.54) is 30.6 Å². The Kier molecular flexibility index (Phi) is 5.27. The zero-order valence-electron chi connectivity index (χ0n) is 12.5. The normalized spacial score (nSPS) is 21.9. The van der Waals surface area contributed by atoms with Crippen LogP contribution >= 0.6 is 11.3 Å². The van der Waals surface area contributed by atoms with Crippen molar-refractivity contribution in [2.75, 3.05) is 26.2 Å². The zero-order chi connectivity index (χ0) is 14.5. The Balaban J connectivity index is 1.44. The molecular formula is C16H25N3OS. The second-order valence-corrected chi connectivity index (χ2v) is 7.32. The van der Waals surface area contributed by atoms with Gasteiger partial charge in [-0.15, -0.1) is 11.3 Å². The van der Waals surface area contributed by atoms with Crippen molar-refractivity contribution in [1.82, 2.24) is 15.5 Å². The number of hydrogen-bond acceptors (Lipinski definition) is 4. The first-order valence-electron chi connectivity index (χ1n) is 8.04. The molecule has 4 nitrogen and oxygen atoms in total. The van der Waals surface area contributed by atoms with Crippen LogP contribution in [0.5, 0.6) is 0 Å². The summed E-state index contributed by atoms with van der Waals surface area (Å²) in [5.41, 5.74) is 0. The topological polar surface area (TPSA) is 44.4 Å². The Morgan fingerprint density at radius 1 is 1.38 bits per heavy atom. The maximum absolute atomic E-state index is 12.2. The molecule has 5 heteroatoms. The van der Waals surface area contributed by atoms with E-state index < -0.39 is 0 Å². The highest BCUT2D eigenvalue weighted by Crippen LogP contribution is 2.29. The van der Waals surface area contributed by atoms with Crippen LogP contribution in [0.15, 0.2) is 17.5 Å². The summed E-state index contributed by atoms with van der Waals surface area (Å²) in [5, 5.41) is 8.63. The van der Waals surface area contributed by atoms with Gasteiger partial charge in [0.05, 0.1) is 13.1 Å². The molecule has 3 rings (SSSR count). The Morgan fingerprint density at radius 2 is 2.29 bits per heavy atom. The number of carbonyl (C=O) groups excluding carboxylic acids is 1. The van der Waals surface area contributed by atoms with Crippen LogP contribution < -0.4 is 10.6 Å². The lowest BCUT2D eigenvalue weighted by atomic mass is 10.2. The summed E-state index contributed by atoms with van der Waals surface area (Å²) in [6, 6.07) is 4.67. The fourth-order valence-electron chi connectivity index (χ4n) is 2.95. The summed E-state index contributed by atoms with van der Waals surface area (Å²) in [7, 11) is 0. The molecule has 0 aromatic carbocycles. The van der Waals surface area contributed by atoms with Crippen molar-refractivity contribution in [1.29, 1.82) is 0 Å². The minimum absolute atomic E-state index is 0.155. The van der Waals surface area contributed by atoms with Gasteiger partial charge >= 0.3 is 0 Å². The zero-order valence-corrected chi connectivity index (χ0v) is 13.3. The smallest absolute Gasteiger partial charge is 0.234 e. The van der Waals surface area contributed by atoms with Gasteiger partial charge in [-0.3, -0.25) is 9.69 Å². The highest BCUT2D eigenvalue weighted by molar-refractivity contribution is 7.09. The van der Waals surface area contributed by atoms with Crippen LogP contribution in [0.4, 0.5) is 0 Å². The number of nitrogens with zero attached hydrogens (tertiary/aromatic N) is 1. The summed E-state index contributed by atoms with van der Waals surface area (Å²) in [4.78, 5) is 15.7. The fraction of sp³-hybridized carbons (Fsp3) is 0.688. The van der Waals surface area contributed by atoms with Crippen molar-refractivity contribution in [3.8, 4) is 0 Å². The van der Waals surface area contributed by atoms with Crippen LogP contribution in [0.3, 0.4) is 0 Å². The van der Waals surface area contributed by atoms with Crippen LogP contribution in [-0.4, -0.2) is 43.0 Å². The van der Waals surface area contributed by atoms with Gasteiger partial charge in [0.15, 0.2) is 0 Å². The molecule has 1 saturated heterocycles. The van der Waals surface area contributed by atoms with Crippen LogP contribution in [-0.2, 0) is 11.3 Å². The van der Waals surface area contributed by atoms with E-state index in [4.69, 9.17) is 0 Å². The number of carbonyl (C=O) groups is 1. The molecule has 2 heterocycles. The fourth-order valence-corrected chi connectivity index (χ4v) is 3.60. The van der Waals surface area contributed by atoms with Crippen molar-refractivity contribution in [2.24, 2.45) is 5.92 Å². The predicted octanol–water partition coefficient (Wildman–Crippen LogP) is 1.83. The Labute approximate surface area is 130 Å². The third-order valence-corrected chi connectivity index (χ3v) is 5.14. The number of amides is 1. The van der Waals surface area contributed by atoms with E-state index in [0.717, 1.165) is 25.6 Å². The molecule has 2 N–H and O–H groups in total. The largest absolute Gasteiger partial charge is 0.350 e. The Morgan fingerprint density at radius 3 is 2.95 bits per heavy atom. The van der Waals surface area contributed by atoms with Crippen LogP contribution in [0.1, 0.15) is 30.6 Å². The van der Waals surface area contributed by atoms with E-state index >= 15 is 0 Å². The van der Waals surface area contributed by atoms with Crippen molar-refractivity contribution in [3.63, 3.8) is 0 Å². The minimum Gasteiger partial charge on any atom is -0.350 e. The van der Waals surface area contributed by atoms with Gasteiger partial charge in [0.1, 0.15) is 0 Å². The summed E-state index contributed by atoms with van der Waals surface area (Å²) in [5.74, 6) is 0.985. The van der Waals surface area contributed by atoms with Crippen molar-refractivity contribution in [3.05, 3.63) is 22.4 Å². The number of rotatable bonds is 8. The standard InChI is InChI=1S/C16H25N3OS/c20-16(18-9-15-4-2-8-21-15)12-19(10-13-5-6-13)11-14-3-1-7-17-14/h2,4,8,13-14,17H,1,3,5-7,9-12H2,(H,18,20). The van der Waals surface area contributed by atoms with Crippen LogP contribution in [0.2, 0.25) is 0 Å². The van der Waals surface area contributed by atoms with Gasteiger partial charge in [-0.25, -0.2) is 0 Å². The van der Waals surface area contributed by atoms with Crippen molar-refractivity contribution >= 4 is 17.2 Å². The van der Waals surface area contributed by atoms with Crippen LogP contribution in [0, 0.1) is 5.92 Å². The predicted molar refractivity (Wildman–Crippen MR) is 86.4 cm³/mol. The van der Waals surface area contributed by atoms with Crippen molar-refractivity contribution in [2.45, 2.75) is 38.3 Å². The molecule has 2 aliphatic rings. The van der Waals surface area contributed by atoms with Gasteiger partial charge in [0, 0.05) is 24.0 Å². The molecule has 0 spiro atoms. The van der Waals surface area contributed by atoms with E-state index in [1.807, 2.05) is 11.4 Å². The Hall–Kier alpha value is -0.910. The monoisotopic (exact) mass is 307 g/mol. The maximum atomic E-state index is 12.2. The lowest BCUT2D eigenvalue weighted by Crippen LogP contribution is -2.43. The van der Waals surface area contributed by atoms with Gasteiger partial charge < -0.3 is 10.6 Å². The molecule has 1 aliphatic carbocycles. The van der Waals surface area contributed by atoms with E-state index in [9.17, 15) is 4.79 Å². The average molecular weight is 307 g/mol.